The summed E-state index contributed by atoms with van der Waals surface area (Å²) in [6.45, 7) is 2.09. The van der Waals surface area contributed by atoms with Crippen LogP contribution in [0.4, 0.5) is 10.8 Å². The zero-order valence-corrected chi connectivity index (χ0v) is 19.2. The highest BCUT2D eigenvalue weighted by molar-refractivity contribution is 7.22. The number of halogens is 1. The molecule has 1 saturated heterocycles. The number of carbonyl (C=O) groups is 3. The van der Waals surface area contributed by atoms with Crippen LogP contribution in [0.25, 0.3) is 10.2 Å². The first-order valence-electron chi connectivity index (χ1n) is 10.3. The molecule has 0 saturated carbocycles. The van der Waals surface area contributed by atoms with Crippen LogP contribution in [0.3, 0.4) is 0 Å². The number of hydrogen-bond acceptors (Lipinski definition) is 6. The number of benzene rings is 2. The van der Waals surface area contributed by atoms with Gasteiger partial charge in [0.25, 0.3) is 5.91 Å². The topological polar surface area (TPSA) is 83.7 Å². The van der Waals surface area contributed by atoms with Crippen molar-refractivity contribution in [2.24, 2.45) is 0 Å². The van der Waals surface area contributed by atoms with Gasteiger partial charge >= 0.3 is 0 Å². The van der Waals surface area contributed by atoms with E-state index in [1.165, 1.54) is 16.2 Å². The van der Waals surface area contributed by atoms with E-state index in [1.54, 1.807) is 42.7 Å². The number of fused-ring (bicyclic) bond motifs is 1. The summed E-state index contributed by atoms with van der Waals surface area (Å²) in [5.74, 6) is -0.264. The van der Waals surface area contributed by atoms with E-state index < -0.39 is 0 Å². The summed E-state index contributed by atoms with van der Waals surface area (Å²) in [7, 11) is 0. The number of amides is 3. The molecule has 1 fully saturated rings. The van der Waals surface area contributed by atoms with Crippen molar-refractivity contribution in [2.45, 2.75) is 26.3 Å². The number of furan rings is 1. The molecule has 3 heterocycles. The predicted molar refractivity (Wildman–Crippen MR) is 127 cm³/mol. The summed E-state index contributed by atoms with van der Waals surface area (Å²) < 4.78 is 6.36. The lowest BCUT2D eigenvalue weighted by molar-refractivity contribution is -0.121. The molecule has 2 aromatic carbocycles. The second-order valence-electron chi connectivity index (χ2n) is 7.71. The van der Waals surface area contributed by atoms with Crippen LogP contribution in [0.15, 0.2) is 59.2 Å². The quantitative estimate of drug-likeness (QED) is 0.360. The highest BCUT2D eigenvalue weighted by Crippen LogP contribution is 2.35. The first-order chi connectivity index (χ1) is 15.9. The largest absolute Gasteiger partial charge is 0.467 e. The smallest absolute Gasteiger partial charge is 0.260 e. The third-order valence-corrected chi connectivity index (χ3v) is 6.66. The zero-order valence-electron chi connectivity index (χ0n) is 17.6. The van der Waals surface area contributed by atoms with Gasteiger partial charge in [0, 0.05) is 23.4 Å². The van der Waals surface area contributed by atoms with Crippen LogP contribution in [0.5, 0.6) is 0 Å². The van der Waals surface area contributed by atoms with Gasteiger partial charge in [-0.2, -0.15) is 0 Å². The van der Waals surface area contributed by atoms with Gasteiger partial charge in [0.05, 0.1) is 28.7 Å². The Hall–Kier alpha value is -3.49. The monoisotopic (exact) mass is 479 g/mol. The summed E-state index contributed by atoms with van der Waals surface area (Å²) in [4.78, 5) is 45.4. The van der Waals surface area contributed by atoms with Crippen molar-refractivity contribution in [3.8, 4) is 0 Å². The fourth-order valence-electron chi connectivity index (χ4n) is 3.84. The number of anilines is 2. The van der Waals surface area contributed by atoms with Gasteiger partial charge in [-0.1, -0.05) is 29.0 Å². The molecule has 0 bridgehead atoms. The lowest BCUT2D eigenvalue weighted by Crippen LogP contribution is -2.31. The Balaban J connectivity index is 1.56. The average Bonchev–Trinajstić information content (AvgIpc) is 3.52. The summed E-state index contributed by atoms with van der Waals surface area (Å²) in [5, 5.41) is 1.10. The Kier molecular flexibility index (Phi) is 5.47. The van der Waals surface area contributed by atoms with E-state index in [0.29, 0.717) is 27.2 Å². The molecule has 4 aromatic rings. The predicted octanol–water partition coefficient (Wildman–Crippen LogP) is 5.35. The third kappa shape index (κ3) is 4.03. The van der Waals surface area contributed by atoms with Crippen molar-refractivity contribution in [3.05, 3.63) is 76.7 Å². The molecule has 0 spiro atoms. The molecule has 0 N–H and O–H groups in total. The Morgan fingerprint density at radius 2 is 1.94 bits per heavy atom. The van der Waals surface area contributed by atoms with E-state index in [0.717, 1.165) is 20.7 Å². The van der Waals surface area contributed by atoms with Gasteiger partial charge in [-0.25, -0.2) is 4.98 Å². The van der Waals surface area contributed by atoms with Crippen LogP contribution in [-0.2, 0) is 16.1 Å². The van der Waals surface area contributed by atoms with Crippen LogP contribution in [0.1, 0.15) is 34.5 Å². The number of aryl methyl sites for hydroxylation is 1. The van der Waals surface area contributed by atoms with Gasteiger partial charge in [0.1, 0.15) is 5.76 Å². The lowest BCUT2D eigenvalue weighted by Gasteiger charge is -2.20. The SMILES string of the molecule is Cc1cc(Cl)cc2sc(N(Cc3ccco3)C(=O)c3cccc(N4C(=O)CCC4=O)c3)nc12. The van der Waals surface area contributed by atoms with Crippen molar-refractivity contribution in [3.63, 3.8) is 0 Å². The number of rotatable bonds is 5. The second-order valence-corrected chi connectivity index (χ2v) is 9.16. The van der Waals surface area contributed by atoms with E-state index in [4.69, 9.17) is 21.0 Å². The molecule has 9 heteroatoms. The van der Waals surface area contributed by atoms with E-state index in [9.17, 15) is 14.4 Å². The molecule has 3 amide bonds. The molecule has 5 rings (SSSR count). The van der Waals surface area contributed by atoms with Crippen molar-refractivity contribution in [2.75, 3.05) is 9.80 Å². The van der Waals surface area contributed by atoms with Crippen LogP contribution < -0.4 is 9.80 Å². The maximum absolute atomic E-state index is 13.7. The number of aromatic nitrogens is 1. The fraction of sp³-hybridized carbons (Fsp3) is 0.167. The highest BCUT2D eigenvalue weighted by Gasteiger charge is 2.31. The normalized spacial score (nSPS) is 13.8. The number of imide groups is 1. The second kappa shape index (κ2) is 8.46. The minimum absolute atomic E-state index is 0.171. The van der Waals surface area contributed by atoms with Crippen LogP contribution in [0, 0.1) is 6.92 Å². The molecule has 2 aromatic heterocycles. The number of thiazole rings is 1. The van der Waals surface area contributed by atoms with Gasteiger partial charge < -0.3 is 4.42 Å². The Morgan fingerprint density at radius 3 is 2.67 bits per heavy atom. The minimum Gasteiger partial charge on any atom is -0.467 e. The maximum atomic E-state index is 13.7. The van der Waals surface area contributed by atoms with E-state index in [2.05, 4.69) is 0 Å². The molecule has 0 atom stereocenters. The minimum atomic E-state index is -0.324. The number of carbonyl (C=O) groups excluding carboxylic acids is 3. The molecular weight excluding hydrogens is 462 g/mol. The van der Waals surface area contributed by atoms with E-state index in [-0.39, 0.29) is 37.1 Å². The van der Waals surface area contributed by atoms with Crippen molar-refractivity contribution in [1.82, 2.24) is 4.98 Å². The fourth-order valence-corrected chi connectivity index (χ4v) is 5.26. The van der Waals surface area contributed by atoms with Crippen LogP contribution in [0.2, 0.25) is 5.02 Å². The third-order valence-electron chi connectivity index (χ3n) is 5.41. The molecule has 7 nitrogen and oxygen atoms in total. The molecule has 0 radical (unpaired) electrons. The molecule has 166 valence electrons. The summed E-state index contributed by atoms with van der Waals surface area (Å²) in [6, 6.07) is 13.7. The molecule has 1 aliphatic heterocycles. The maximum Gasteiger partial charge on any atom is 0.260 e. The Bertz CT molecular complexity index is 1380. The van der Waals surface area contributed by atoms with Crippen molar-refractivity contribution >= 4 is 61.7 Å². The van der Waals surface area contributed by atoms with Gasteiger partial charge in [-0.3, -0.25) is 24.2 Å². The lowest BCUT2D eigenvalue weighted by atomic mass is 10.1. The standard InChI is InChI=1S/C24H18ClN3O4S/c1-14-10-16(25)12-19-22(14)26-24(33-19)27(13-18-6-3-9-32-18)23(31)15-4-2-5-17(11-15)28-20(29)7-8-21(28)30/h2-6,9-12H,7-8,13H2,1H3. The van der Waals surface area contributed by atoms with Crippen LogP contribution in [-0.4, -0.2) is 22.7 Å². The first kappa shape index (κ1) is 21.4. The van der Waals surface area contributed by atoms with Crippen LogP contribution >= 0.6 is 22.9 Å². The number of hydrogen-bond donors (Lipinski definition) is 0. The zero-order chi connectivity index (χ0) is 23.1. The van der Waals surface area contributed by atoms with E-state index >= 15 is 0 Å². The van der Waals surface area contributed by atoms with E-state index in [1.807, 2.05) is 19.1 Å². The molecule has 0 aliphatic carbocycles. The molecule has 0 unspecified atom stereocenters. The van der Waals surface area contributed by atoms with Gasteiger partial charge in [-0.05, 0) is 55.0 Å². The highest BCUT2D eigenvalue weighted by atomic mass is 35.5. The summed E-state index contributed by atoms with van der Waals surface area (Å²) in [6.07, 6.45) is 1.90. The molecular formula is C24H18ClN3O4S. The van der Waals surface area contributed by atoms with Crippen molar-refractivity contribution in [1.29, 1.82) is 0 Å². The summed E-state index contributed by atoms with van der Waals surface area (Å²) in [5.41, 5.74) is 2.41. The average molecular weight is 480 g/mol. The van der Waals surface area contributed by atoms with Crippen molar-refractivity contribution < 1.29 is 18.8 Å². The molecule has 1 aliphatic rings. The summed E-state index contributed by atoms with van der Waals surface area (Å²) >= 11 is 7.57. The first-order valence-corrected chi connectivity index (χ1v) is 11.5. The Labute approximate surface area is 198 Å². The van der Waals surface area contributed by atoms with Gasteiger partial charge in [-0.15, -0.1) is 0 Å². The Morgan fingerprint density at radius 1 is 1.15 bits per heavy atom. The molecule has 33 heavy (non-hydrogen) atoms. The van der Waals surface area contributed by atoms with Gasteiger partial charge in [0.15, 0.2) is 5.13 Å². The van der Waals surface area contributed by atoms with Gasteiger partial charge in [0.2, 0.25) is 11.8 Å². The number of nitrogens with zero attached hydrogens (tertiary/aromatic N) is 3.